The van der Waals surface area contributed by atoms with Gasteiger partial charge in [0.25, 0.3) is 0 Å². The summed E-state index contributed by atoms with van der Waals surface area (Å²) in [4.78, 5) is 25.2. The van der Waals surface area contributed by atoms with E-state index >= 15 is 0 Å². The van der Waals surface area contributed by atoms with Gasteiger partial charge in [-0.25, -0.2) is 4.79 Å². The van der Waals surface area contributed by atoms with E-state index < -0.39 is 11.9 Å². The van der Waals surface area contributed by atoms with Crippen LogP contribution < -0.4 is 5.32 Å². The van der Waals surface area contributed by atoms with E-state index in [1.54, 1.807) is 15.8 Å². The first-order valence-corrected chi connectivity index (χ1v) is 7.33. The van der Waals surface area contributed by atoms with Crippen LogP contribution in [0.2, 0.25) is 0 Å². The number of nitrogens with zero attached hydrogens (tertiary/aromatic N) is 3. The molecule has 1 aromatic rings. The Hall–Kier alpha value is -2.05. The van der Waals surface area contributed by atoms with Crippen molar-refractivity contribution in [3.8, 4) is 0 Å². The molecule has 7 heteroatoms. The number of nitrogens with one attached hydrogen (secondary N) is 1. The Morgan fingerprint density at radius 1 is 1.48 bits per heavy atom. The zero-order chi connectivity index (χ0) is 15.0. The van der Waals surface area contributed by atoms with Crippen molar-refractivity contribution in [1.29, 1.82) is 0 Å². The third-order valence-electron chi connectivity index (χ3n) is 4.67. The average Bonchev–Trinajstić information content (AvgIpc) is 3.13. The largest absolute Gasteiger partial charge is 0.481 e. The Labute approximate surface area is 122 Å². The van der Waals surface area contributed by atoms with Gasteiger partial charge in [-0.1, -0.05) is 0 Å². The highest BCUT2D eigenvalue weighted by atomic mass is 16.4. The number of aliphatic carboxylic acids is 1. The second-order valence-electron chi connectivity index (χ2n) is 5.81. The average molecular weight is 292 g/mol. The van der Waals surface area contributed by atoms with Crippen LogP contribution in [0.15, 0.2) is 12.3 Å². The fourth-order valence-corrected chi connectivity index (χ4v) is 3.61. The normalized spacial score (nSPS) is 27.1. The summed E-state index contributed by atoms with van der Waals surface area (Å²) in [7, 11) is 1.87. The Morgan fingerprint density at radius 2 is 2.29 bits per heavy atom. The Balaban J connectivity index is 1.54. The van der Waals surface area contributed by atoms with Gasteiger partial charge in [0.2, 0.25) is 0 Å². The Bertz CT molecular complexity index is 556. The molecular formula is C14H20N4O3. The molecule has 0 radical (unpaired) electrons. The number of aryl methyl sites for hydroxylation is 1. The molecule has 2 aliphatic rings. The number of aromatic nitrogens is 2. The number of fused-ring (bicyclic) bond motifs is 2. The van der Waals surface area contributed by atoms with E-state index in [1.165, 1.54) is 0 Å². The molecule has 3 heterocycles. The summed E-state index contributed by atoms with van der Waals surface area (Å²) in [5.41, 5.74) is 1.06. The first-order chi connectivity index (χ1) is 10.1. The molecule has 2 saturated heterocycles. The molecule has 1 aromatic heterocycles. The third-order valence-corrected chi connectivity index (χ3v) is 4.67. The van der Waals surface area contributed by atoms with Crippen molar-refractivity contribution in [1.82, 2.24) is 20.0 Å². The zero-order valence-electron chi connectivity index (χ0n) is 12.0. The molecule has 2 fully saturated rings. The number of rotatable bonds is 4. The van der Waals surface area contributed by atoms with Crippen LogP contribution >= 0.6 is 0 Å². The van der Waals surface area contributed by atoms with Crippen LogP contribution in [0.5, 0.6) is 0 Å². The van der Waals surface area contributed by atoms with Crippen molar-refractivity contribution < 1.29 is 14.7 Å². The molecule has 0 aromatic carbocycles. The molecule has 0 spiro atoms. The van der Waals surface area contributed by atoms with Crippen LogP contribution in [-0.4, -0.2) is 50.4 Å². The summed E-state index contributed by atoms with van der Waals surface area (Å²) in [6, 6.07) is 1.75. The predicted molar refractivity (Wildman–Crippen MR) is 74.7 cm³/mol. The zero-order valence-corrected chi connectivity index (χ0v) is 12.0. The lowest BCUT2D eigenvalue weighted by Crippen LogP contribution is -2.44. The molecule has 3 atom stereocenters. The van der Waals surface area contributed by atoms with Crippen LogP contribution in [0, 0.1) is 5.92 Å². The van der Waals surface area contributed by atoms with Gasteiger partial charge < -0.3 is 15.3 Å². The molecule has 2 amide bonds. The van der Waals surface area contributed by atoms with Gasteiger partial charge in [-0.15, -0.1) is 0 Å². The number of amides is 2. The molecular weight excluding hydrogens is 272 g/mol. The molecule has 2 bridgehead atoms. The molecule has 21 heavy (non-hydrogen) atoms. The van der Waals surface area contributed by atoms with Crippen LogP contribution in [0.25, 0.3) is 0 Å². The standard InChI is InChI=1S/C14H20N4O3/c1-17-9(5-7-16-17)4-6-15-14(21)18-10-2-3-12(18)11(8-10)13(19)20/h5,7,10-12H,2-4,6,8H2,1H3,(H,15,21)(H,19,20). The smallest absolute Gasteiger partial charge is 0.317 e. The SMILES string of the molecule is Cn1nccc1CCNC(=O)N1C2CCC1C(C(=O)O)C2. The predicted octanol–water partition coefficient (Wildman–Crippen LogP) is 0.610. The van der Waals surface area contributed by atoms with Crippen LogP contribution in [0.3, 0.4) is 0 Å². The topological polar surface area (TPSA) is 87.5 Å². The van der Waals surface area contributed by atoms with Crippen molar-refractivity contribution in [3.05, 3.63) is 18.0 Å². The van der Waals surface area contributed by atoms with Crippen molar-refractivity contribution in [2.45, 2.75) is 37.8 Å². The van der Waals surface area contributed by atoms with Crippen LogP contribution in [0.1, 0.15) is 25.0 Å². The summed E-state index contributed by atoms with van der Waals surface area (Å²) in [6.45, 7) is 0.534. The molecule has 114 valence electrons. The van der Waals surface area contributed by atoms with E-state index in [0.717, 1.165) is 18.5 Å². The van der Waals surface area contributed by atoms with Gasteiger partial charge in [-0.2, -0.15) is 5.10 Å². The van der Waals surface area contributed by atoms with Gasteiger partial charge >= 0.3 is 12.0 Å². The fourth-order valence-electron chi connectivity index (χ4n) is 3.61. The molecule has 0 aliphatic carbocycles. The first-order valence-electron chi connectivity index (χ1n) is 7.33. The quantitative estimate of drug-likeness (QED) is 0.851. The van der Waals surface area contributed by atoms with E-state index in [0.29, 0.717) is 19.4 Å². The number of urea groups is 1. The van der Waals surface area contributed by atoms with Crippen LogP contribution in [0.4, 0.5) is 4.79 Å². The summed E-state index contributed by atoms with van der Waals surface area (Å²) in [6.07, 6.45) is 4.76. The molecule has 0 saturated carbocycles. The van der Waals surface area contributed by atoms with Crippen LogP contribution in [-0.2, 0) is 18.3 Å². The molecule has 3 unspecified atom stereocenters. The number of carbonyl (C=O) groups excluding carboxylic acids is 1. The highest BCUT2D eigenvalue weighted by Gasteiger charge is 2.51. The second-order valence-corrected chi connectivity index (χ2v) is 5.81. The molecule has 2 N–H and O–H groups in total. The maximum absolute atomic E-state index is 12.3. The Kier molecular flexibility index (Phi) is 3.57. The highest BCUT2D eigenvalue weighted by molar-refractivity contribution is 5.79. The van der Waals surface area contributed by atoms with E-state index in [2.05, 4.69) is 10.4 Å². The summed E-state index contributed by atoms with van der Waals surface area (Å²) >= 11 is 0. The summed E-state index contributed by atoms with van der Waals surface area (Å²) in [5.74, 6) is -1.18. The molecule has 2 aliphatic heterocycles. The Morgan fingerprint density at radius 3 is 2.90 bits per heavy atom. The van der Waals surface area contributed by atoms with Gasteiger partial charge in [-0.3, -0.25) is 9.48 Å². The van der Waals surface area contributed by atoms with Crippen molar-refractivity contribution in [2.24, 2.45) is 13.0 Å². The van der Waals surface area contributed by atoms with Gasteiger partial charge in [0.15, 0.2) is 0 Å². The summed E-state index contributed by atoms with van der Waals surface area (Å²) in [5, 5.41) is 16.2. The molecule has 7 nitrogen and oxygen atoms in total. The van der Waals surface area contributed by atoms with Gasteiger partial charge in [0.1, 0.15) is 0 Å². The lowest BCUT2D eigenvalue weighted by atomic mass is 9.89. The number of hydrogen-bond acceptors (Lipinski definition) is 3. The van der Waals surface area contributed by atoms with Crippen molar-refractivity contribution >= 4 is 12.0 Å². The number of hydrogen-bond donors (Lipinski definition) is 2. The van der Waals surface area contributed by atoms with Crippen molar-refractivity contribution in [2.75, 3.05) is 6.54 Å². The van der Waals surface area contributed by atoms with E-state index in [-0.39, 0.29) is 18.1 Å². The minimum Gasteiger partial charge on any atom is -0.481 e. The fraction of sp³-hybridized carbons (Fsp3) is 0.643. The monoisotopic (exact) mass is 292 g/mol. The maximum Gasteiger partial charge on any atom is 0.317 e. The lowest BCUT2D eigenvalue weighted by Gasteiger charge is -2.23. The first kappa shape index (κ1) is 13.9. The number of carbonyl (C=O) groups is 2. The minimum atomic E-state index is -0.783. The second kappa shape index (κ2) is 5.38. The third kappa shape index (κ3) is 2.48. The highest BCUT2D eigenvalue weighted by Crippen LogP contribution is 2.41. The minimum absolute atomic E-state index is 0.0906. The lowest BCUT2D eigenvalue weighted by molar-refractivity contribution is -0.142. The van der Waals surface area contributed by atoms with E-state index in [4.69, 9.17) is 0 Å². The van der Waals surface area contributed by atoms with Gasteiger partial charge in [0, 0.05) is 44.0 Å². The number of carboxylic acid groups (broad SMARTS) is 1. The maximum atomic E-state index is 12.3. The van der Waals surface area contributed by atoms with Crippen molar-refractivity contribution in [3.63, 3.8) is 0 Å². The molecule has 3 rings (SSSR count). The van der Waals surface area contributed by atoms with Gasteiger partial charge in [0.05, 0.1) is 5.92 Å². The number of carboxylic acids is 1. The van der Waals surface area contributed by atoms with E-state index in [9.17, 15) is 14.7 Å². The van der Waals surface area contributed by atoms with Gasteiger partial charge in [-0.05, 0) is 25.3 Å². The van der Waals surface area contributed by atoms with E-state index in [1.807, 2.05) is 13.1 Å². The summed E-state index contributed by atoms with van der Waals surface area (Å²) < 4.78 is 1.78.